The lowest BCUT2D eigenvalue weighted by Crippen LogP contribution is -2.21. The maximum Gasteiger partial charge on any atom is 0.421 e. The van der Waals surface area contributed by atoms with Crippen LogP contribution in [-0.4, -0.2) is 17.1 Å². The van der Waals surface area contributed by atoms with E-state index in [1.807, 2.05) is 6.92 Å². The Labute approximate surface area is 73.6 Å². The number of hydrogen-bond donors (Lipinski definition) is 1. The summed E-state index contributed by atoms with van der Waals surface area (Å²) in [4.78, 5) is 10.5. The molecule has 0 heterocycles. The Morgan fingerprint density at radius 1 is 1.80 bits per heavy atom. The van der Waals surface area contributed by atoms with Gasteiger partial charge in [0.2, 0.25) is 0 Å². The van der Waals surface area contributed by atoms with E-state index in [1.54, 1.807) is 0 Å². The number of rotatable bonds is 1. The van der Waals surface area contributed by atoms with Crippen molar-refractivity contribution in [3.05, 3.63) is 0 Å². The van der Waals surface area contributed by atoms with Crippen molar-refractivity contribution in [2.75, 3.05) is 11.0 Å². The summed E-state index contributed by atoms with van der Waals surface area (Å²) in [6.07, 6.45) is 1.76. The molecule has 0 saturated carbocycles. The molecule has 0 fully saturated rings. The topological polar surface area (TPSA) is 38.3 Å². The average molecular weight is 253 g/mol. The molecule has 0 saturated heterocycles. The Kier molecular flexibility index (Phi) is 6.38. The van der Waals surface area contributed by atoms with Gasteiger partial charge in [-0.25, -0.2) is 4.79 Å². The number of alkyl carbamates (subject to hydrolysis) is 1. The van der Waals surface area contributed by atoms with Crippen LogP contribution < -0.4 is 5.32 Å². The maximum absolute atomic E-state index is 10.5. The van der Waals surface area contributed by atoms with E-state index < -0.39 is 6.09 Å². The van der Waals surface area contributed by atoms with Gasteiger partial charge in [-0.1, -0.05) is 22.6 Å². The number of carbonyl (C=O) groups excluding carboxylic acids is 1. The lowest BCUT2D eigenvalue weighted by Gasteiger charge is -1.94. The molecule has 0 radical (unpaired) electrons. The molecule has 0 aromatic carbocycles. The summed E-state index contributed by atoms with van der Waals surface area (Å²) >= 11 is 2.07. The van der Waals surface area contributed by atoms with Gasteiger partial charge in [0, 0.05) is 6.54 Å². The fourth-order valence-electron chi connectivity index (χ4n) is 0.290. The number of halogens is 1. The van der Waals surface area contributed by atoms with Gasteiger partial charge in [0.15, 0.2) is 0 Å². The van der Waals surface area contributed by atoms with Crippen LogP contribution in [0.1, 0.15) is 6.92 Å². The molecule has 0 aliphatic carbocycles. The highest BCUT2D eigenvalue weighted by atomic mass is 127. The van der Waals surface area contributed by atoms with Crippen LogP contribution in [0.25, 0.3) is 0 Å². The summed E-state index contributed by atoms with van der Waals surface area (Å²) < 4.78 is 5.07. The molecule has 0 spiro atoms. The first-order valence-electron chi connectivity index (χ1n) is 2.79. The maximum atomic E-state index is 10.5. The molecule has 4 heteroatoms. The zero-order valence-corrected chi connectivity index (χ0v) is 7.77. The summed E-state index contributed by atoms with van der Waals surface area (Å²) in [6.45, 7) is 2.37. The molecular formula is C6H8INO2. The predicted octanol–water partition coefficient (Wildman–Crippen LogP) is 1.13. The zero-order valence-electron chi connectivity index (χ0n) is 5.61. The fraction of sp³-hybridized carbons (Fsp3) is 0.500. The molecule has 0 atom stereocenters. The molecule has 10 heavy (non-hydrogen) atoms. The highest BCUT2D eigenvalue weighted by Gasteiger charge is 1.93. The molecule has 1 N–H and O–H groups in total. The van der Waals surface area contributed by atoms with Gasteiger partial charge in [-0.3, -0.25) is 0 Å². The number of nitrogens with one attached hydrogen (secondary N) is 1. The van der Waals surface area contributed by atoms with Crippen molar-refractivity contribution in [3.8, 4) is 12.0 Å². The minimum Gasteiger partial charge on any atom is -0.356 e. The molecule has 3 nitrogen and oxygen atoms in total. The fourth-order valence-corrected chi connectivity index (χ4v) is 0.446. The van der Waals surface area contributed by atoms with Crippen molar-refractivity contribution in [1.29, 1.82) is 0 Å². The molecule has 0 aromatic rings. The molecule has 0 aliphatic heterocycles. The largest absolute Gasteiger partial charge is 0.421 e. The van der Waals surface area contributed by atoms with Gasteiger partial charge in [-0.05, 0) is 12.8 Å². The molecular weight excluding hydrogens is 245 g/mol. The number of alkyl halides is 1. The predicted molar refractivity (Wildman–Crippen MR) is 46.8 cm³/mol. The van der Waals surface area contributed by atoms with Crippen LogP contribution >= 0.6 is 22.6 Å². The third-order valence-corrected chi connectivity index (χ3v) is 0.985. The molecule has 0 rings (SSSR count). The third-order valence-electron chi connectivity index (χ3n) is 0.604. The highest BCUT2D eigenvalue weighted by molar-refractivity contribution is 14.1. The minimum absolute atomic E-state index is 0.486. The summed E-state index contributed by atoms with van der Waals surface area (Å²) in [5.41, 5.74) is 0. The van der Waals surface area contributed by atoms with E-state index in [4.69, 9.17) is 0 Å². The monoisotopic (exact) mass is 253 g/mol. The Morgan fingerprint density at radius 2 is 2.50 bits per heavy atom. The van der Waals surface area contributed by atoms with Crippen molar-refractivity contribution < 1.29 is 9.53 Å². The zero-order chi connectivity index (χ0) is 7.82. The van der Waals surface area contributed by atoms with E-state index in [2.05, 4.69) is 44.7 Å². The molecule has 0 bridgehead atoms. The van der Waals surface area contributed by atoms with Gasteiger partial charge < -0.3 is 10.1 Å². The Balaban J connectivity index is 3.39. The van der Waals surface area contributed by atoms with E-state index in [1.165, 1.54) is 0 Å². The third kappa shape index (κ3) is 5.69. The SMILES string of the molecule is CCNC(=O)OC#CCI. The second kappa shape index (κ2) is 6.68. The highest BCUT2D eigenvalue weighted by Crippen LogP contribution is 1.76. The smallest absolute Gasteiger partial charge is 0.356 e. The van der Waals surface area contributed by atoms with Crippen molar-refractivity contribution in [1.82, 2.24) is 5.32 Å². The molecule has 0 aliphatic rings. The second-order valence-corrected chi connectivity index (χ2v) is 2.10. The second-order valence-electron chi connectivity index (χ2n) is 1.33. The number of amides is 1. The molecule has 56 valence electrons. The quantitative estimate of drug-likeness (QED) is 0.432. The first kappa shape index (κ1) is 9.56. The van der Waals surface area contributed by atoms with Crippen LogP contribution in [0.15, 0.2) is 0 Å². The van der Waals surface area contributed by atoms with Crippen molar-refractivity contribution in [2.24, 2.45) is 0 Å². The van der Waals surface area contributed by atoms with E-state index >= 15 is 0 Å². The van der Waals surface area contributed by atoms with E-state index in [-0.39, 0.29) is 0 Å². The first-order valence-corrected chi connectivity index (χ1v) is 4.32. The Hall–Kier alpha value is -0.440. The number of hydrogen-bond acceptors (Lipinski definition) is 2. The summed E-state index contributed by atoms with van der Waals surface area (Å²) in [5, 5.41) is 2.44. The Morgan fingerprint density at radius 3 is 3.00 bits per heavy atom. The van der Waals surface area contributed by atoms with Crippen molar-refractivity contribution >= 4 is 28.7 Å². The van der Waals surface area contributed by atoms with Gasteiger partial charge in [0.25, 0.3) is 0 Å². The van der Waals surface area contributed by atoms with Crippen LogP contribution in [-0.2, 0) is 4.74 Å². The van der Waals surface area contributed by atoms with Crippen LogP contribution in [0.2, 0.25) is 0 Å². The normalized spacial score (nSPS) is 7.40. The van der Waals surface area contributed by atoms with Gasteiger partial charge in [0.05, 0.1) is 4.43 Å². The van der Waals surface area contributed by atoms with E-state index in [0.717, 1.165) is 0 Å². The summed E-state index contributed by atoms with van der Waals surface area (Å²) in [5.74, 6) is 2.59. The lowest BCUT2D eigenvalue weighted by atomic mass is 10.7. The van der Waals surface area contributed by atoms with Crippen LogP contribution in [0, 0.1) is 12.0 Å². The van der Waals surface area contributed by atoms with E-state index in [0.29, 0.717) is 11.0 Å². The lowest BCUT2D eigenvalue weighted by molar-refractivity contribution is 0.192. The number of carbonyl (C=O) groups is 1. The van der Waals surface area contributed by atoms with E-state index in [9.17, 15) is 4.79 Å². The van der Waals surface area contributed by atoms with Crippen molar-refractivity contribution in [2.45, 2.75) is 6.92 Å². The first-order chi connectivity index (χ1) is 4.81. The van der Waals surface area contributed by atoms with Crippen molar-refractivity contribution in [3.63, 3.8) is 0 Å². The molecule has 1 amide bonds. The van der Waals surface area contributed by atoms with Gasteiger partial charge >= 0.3 is 6.09 Å². The van der Waals surface area contributed by atoms with Gasteiger partial charge in [-0.2, -0.15) is 0 Å². The standard InChI is InChI=1S/C6H8INO2/c1-2-8-6(9)10-5-3-4-7/h2,4H2,1H3,(H,8,9). The average Bonchev–Trinajstić information content (AvgIpc) is 1.89. The van der Waals surface area contributed by atoms with Gasteiger partial charge in [-0.15, -0.1) is 0 Å². The van der Waals surface area contributed by atoms with Gasteiger partial charge in [0.1, 0.15) is 6.11 Å². The Bertz CT molecular complexity index is 159. The molecule has 0 aromatic heterocycles. The summed E-state index contributed by atoms with van der Waals surface area (Å²) in [6, 6.07) is 0. The van der Waals surface area contributed by atoms with Crippen LogP contribution in [0.4, 0.5) is 4.79 Å². The van der Waals surface area contributed by atoms with Crippen LogP contribution in [0.5, 0.6) is 0 Å². The molecule has 0 unspecified atom stereocenters. The minimum atomic E-state index is -0.486. The summed E-state index contributed by atoms with van der Waals surface area (Å²) in [7, 11) is 0. The van der Waals surface area contributed by atoms with Crippen LogP contribution in [0.3, 0.4) is 0 Å². The number of ether oxygens (including phenoxy) is 1.